The zero-order valence-electron chi connectivity index (χ0n) is 16.0. The van der Waals surface area contributed by atoms with Crippen molar-refractivity contribution < 1.29 is 19.1 Å². The van der Waals surface area contributed by atoms with Gasteiger partial charge in [-0.1, -0.05) is 60.7 Å². The Morgan fingerprint density at radius 1 is 1.11 bits per heavy atom. The minimum atomic E-state index is -0.684. The summed E-state index contributed by atoms with van der Waals surface area (Å²) in [5.41, 5.74) is 1.87. The van der Waals surface area contributed by atoms with Gasteiger partial charge in [-0.25, -0.2) is 4.79 Å². The largest absolute Gasteiger partial charge is 0.445 e. The van der Waals surface area contributed by atoms with Crippen LogP contribution in [-0.2, 0) is 27.3 Å². The zero-order chi connectivity index (χ0) is 19.8. The predicted octanol–water partition coefficient (Wildman–Crippen LogP) is 2.77. The van der Waals surface area contributed by atoms with E-state index >= 15 is 0 Å². The first kappa shape index (κ1) is 19.9. The first-order valence-electron chi connectivity index (χ1n) is 9.53. The van der Waals surface area contributed by atoms with Crippen LogP contribution in [0.15, 0.2) is 60.7 Å². The molecule has 28 heavy (non-hydrogen) atoms. The fraction of sp³-hybridized carbons (Fsp3) is 0.364. The van der Waals surface area contributed by atoms with E-state index in [2.05, 4.69) is 5.32 Å². The quantitative estimate of drug-likeness (QED) is 0.834. The highest BCUT2D eigenvalue weighted by molar-refractivity contribution is 5.86. The number of carbonyl (C=O) groups excluding carboxylic acids is 2. The third-order valence-electron chi connectivity index (χ3n) is 4.64. The fourth-order valence-corrected chi connectivity index (χ4v) is 3.20. The molecule has 1 N–H and O–H groups in total. The Hall–Kier alpha value is -2.86. The second kappa shape index (κ2) is 9.90. The molecule has 148 valence electrons. The van der Waals surface area contributed by atoms with Gasteiger partial charge in [0.2, 0.25) is 5.91 Å². The van der Waals surface area contributed by atoms with Gasteiger partial charge in [0.05, 0.1) is 12.7 Å². The van der Waals surface area contributed by atoms with Gasteiger partial charge in [0.25, 0.3) is 0 Å². The fourth-order valence-electron chi connectivity index (χ4n) is 3.20. The first-order chi connectivity index (χ1) is 13.6. The molecule has 0 aromatic heterocycles. The second-order valence-corrected chi connectivity index (χ2v) is 6.91. The maximum atomic E-state index is 13.1. The van der Waals surface area contributed by atoms with E-state index in [1.54, 1.807) is 4.90 Å². The number of nitrogens with one attached hydrogen (secondary N) is 1. The van der Waals surface area contributed by atoms with Crippen LogP contribution in [0.1, 0.15) is 18.1 Å². The molecule has 0 spiro atoms. The summed E-state index contributed by atoms with van der Waals surface area (Å²) in [5.74, 6) is -0.115. The molecule has 2 aromatic carbocycles. The molecule has 2 aromatic rings. The third kappa shape index (κ3) is 5.82. The number of benzene rings is 2. The summed E-state index contributed by atoms with van der Waals surface area (Å²) in [7, 11) is 0. The van der Waals surface area contributed by atoms with Crippen LogP contribution < -0.4 is 5.32 Å². The molecule has 2 amide bonds. The van der Waals surface area contributed by atoms with E-state index in [-0.39, 0.29) is 18.6 Å². The van der Waals surface area contributed by atoms with Gasteiger partial charge in [-0.15, -0.1) is 0 Å². The van der Waals surface area contributed by atoms with Crippen LogP contribution in [0.2, 0.25) is 0 Å². The van der Waals surface area contributed by atoms with Crippen molar-refractivity contribution in [1.29, 1.82) is 0 Å². The van der Waals surface area contributed by atoms with Crippen LogP contribution in [0.3, 0.4) is 0 Å². The van der Waals surface area contributed by atoms with Gasteiger partial charge in [0.1, 0.15) is 12.6 Å². The van der Waals surface area contributed by atoms with Crippen molar-refractivity contribution in [2.75, 3.05) is 19.7 Å². The predicted molar refractivity (Wildman–Crippen MR) is 106 cm³/mol. The molecular formula is C22H26N2O4. The maximum Gasteiger partial charge on any atom is 0.408 e. The minimum absolute atomic E-state index is 0.0138. The molecular weight excluding hydrogens is 356 g/mol. The van der Waals surface area contributed by atoms with Gasteiger partial charge < -0.3 is 19.7 Å². The topological polar surface area (TPSA) is 67.9 Å². The van der Waals surface area contributed by atoms with Crippen LogP contribution in [0.25, 0.3) is 0 Å². The standard InChI is InChI=1S/C22H26N2O4/c1-17-15-24(12-13-27-17)21(25)20(14-18-8-4-2-5-9-18)23-22(26)28-16-19-10-6-3-7-11-19/h2-11,17,20H,12-16H2,1H3,(H,23,26)/t17-,20-/m1/s1. The Balaban J connectivity index is 1.64. The van der Waals surface area contributed by atoms with Crippen molar-refractivity contribution in [3.63, 3.8) is 0 Å². The highest BCUT2D eigenvalue weighted by Crippen LogP contribution is 2.11. The second-order valence-electron chi connectivity index (χ2n) is 6.91. The van der Waals surface area contributed by atoms with E-state index in [1.807, 2.05) is 67.6 Å². The Morgan fingerprint density at radius 3 is 2.39 bits per heavy atom. The number of alkyl carbamates (subject to hydrolysis) is 1. The number of amides is 2. The van der Waals surface area contributed by atoms with Gasteiger partial charge in [0, 0.05) is 19.5 Å². The highest BCUT2D eigenvalue weighted by Gasteiger charge is 2.29. The molecule has 2 atom stereocenters. The van der Waals surface area contributed by atoms with Crippen LogP contribution in [0.5, 0.6) is 0 Å². The summed E-state index contributed by atoms with van der Waals surface area (Å²) in [6.07, 6.45) is -0.203. The van der Waals surface area contributed by atoms with Crippen molar-refractivity contribution in [3.8, 4) is 0 Å². The van der Waals surface area contributed by atoms with Crippen LogP contribution in [0, 0.1) is 0 Å². The lowest BCUT2D eigenvalue weighted by atomic mass is 10.0. The zero-order valence-corrected chi connectivity index (χ0v) is 16.0. The van der Waals surface area contributed by atoms with Crippen molar-refractivity contribution in [1.82, 2.24) is 10.2 Å². The van der Waals surface area contributed by atoms with Gasteiger partial charge in [0.15, 0.2) is 0 Å². The number of rotatable bonds is 6. The van der Waals surface area contributed by atoms with Crippen molar-refractivity contribution in [3.05, 3.63) is 71.8 Å². The average molecular weight is 382 g/mol. The molecule has 6 nitrogen and oxygen atoms in total. The van der Waals surface area contributed by atoms with Gasteiger partial charge in [-0.2, -0.15) is 0 Å². The lowest BCUT2D eigenvalue weighted by Crippen LogP contribution is -2.54. The van der Waals surface area contributed by atoms with E-state index in [9.17, 15) is 9.59 Å². The number of morpholine rings is 1. The van der Waals surface area contributed by atoms with E-state index in [4.69, 9.17) is 9.47 Å². The van der Waals surface area contributed by atoms with E-state index in [0.29, 0.717) is 26.1 Å². The first-order valence-corrected chi connectivity index (χ1v) is 9.53. The number of carbonyl (C=O) groups is 2. The van der Waals surface area contributed by atoms with Crippen molar-refractivity contribution >= 4 is 12.0 Å². The molecule has 0 radical (unpaired) electrons. The molecule has 0 bridgehead atoms. The molecule has 1 fully saturated rings. The average Bonchev–Trinajstić information content (AvgIpc) is 2.73. The molecule has 0 aliphatic carbocycles. The summed E-state index contributed by atoms with van der Waals surface area (Å²) in [6.45, 7) is 3.64. The van der Waals surface area contributed by atoms with Gasteiger partial charge >= 0.3 is 6.09 Å². The lowest BCUT2D eigenvalue weighted by molar-refractivity contribution is -0.140. The molecule has 1 aliphatic heterocycles. The van der Waals surface area contributed by atoms with E-state index in [1.165, 1.54) is 0 Å². The van der Waals surface area contributed by atoms with Crippen molar-refractivity contribution in [2.45, 2.75) is 32.1 Å². The monoisotopic (exact) mass is 382 g/mol. The Labute approximate surface area is 165 Å². The smallest absolute Gasteiger partial charge is 0.408 e. The summed E-state index contributed by atoms with van der Waals surface area (Å²) in [6, 6.07) is 18.4. The molecule has 0 unspecified atom stereocenters. The van der Waals surface area contributed by atoms with Crippen LogP contribution in [-0.4, -0.2) is 48.7 Å². The highest BCUT2D eigenvalue weighted by atomic mass is 16.5. The Kier molecular flexibility index (Phi) is 7.03. The summed E-state index contributed by atoms with van der Waals surface area (Å²) >= 11 is 0. The number of nitrogens with zero attached hydrogens (tertiary/aromatic N) is 1. The number of hydrogen-bond donors (Lipinski definition) is 1. The van der Waals surface area contributed by atoms with Crippen molar-refractivity contribution in [2.24, 2.45) is 0 Å². The molecule has 1 heterocycles. The van der Waals surface area contributed by atoms with Crippen LogP contribution in [0.4, 0.5) is 4.79 Å². The number of ether oxygens (including phenoxy) is 2. The normalized spacial score (nSPS) is 17.6. The molecule has 3 rings (SSSR count). The summed E-state index contributed by atoms with van der Waals surface area (Å²) in [5, 5.41) is 2.75. The van der Waals surface area contributed by atoms with Gasteiger partial charge in [-0.3, -0.25) is 4.79 Å². The maximum absolute atomic E-state index is 13.1. The summed E-state index contributed by atoms with van der Waals surface area (Å²) < 4.78 is 10.8. The summed E-state index contributed by atoms with van der Waals surface area (Å²) in [4.78, 5) is 27.1. The molecule has 6 heteroatoms. The Bertz CT molecular complexity index is 767. The van der Waals surface area contributed by atoms with Crippen LogP contribution >= 0.6 is 0 Å². The van der Waals surface area contributed by atoms with Gasteiger partial charge in [-0.05, 0) is 18.1 Å². The third-order valence-corrected chi connectivity index (χ3v) is 4.64. The molecule has 1 aliphatic rings. The minimum Gasteiger partial charge on any atom is -0.445 e. The number of hydrogen-bond acceptors (Lipinski definition) is 4. The molecule has 1 saturated heterocycles. The molecule has 0 saturated carbocycles. The SMILES string of the molecule is C[C@@H]1CN(C(=O)[C@@H](Cc2ccccc2)NC(=O)OCc2ccccc2)CCO1. The lowest BCUT2D eigenvalue weighted by Gasteiger charge is -2.33. The van der Waals surface area contributed by atoms with E-state index in [0.717, 1.165) is 11.1 Å². The Morgan fingerprint density at radius 2 is 1.75 bits per heavy atom. The van der Waals surface area contributed by atoms with E-state index < -0.39 is 12.1 Å².